The third-order valence-electron chi connectivity index (χ3n) is 2.27. The number of rotatable bonds is 3. The molecule has 0 saturated carbocycles. The maximum absolute atomic E-state index is 5.70. The maximum Gasteiger partial charge on any atom is 0.0401 e. The van der Waals surface area contributed by atoms with E-state index in [1.807, 2.05) is 36.4 Å². The van der Waals surface area contributed by atoms with Gasteiger partial charge in [-0.05, 0) is 35.9 Å². The standard InChI is InChI=1S/C13H13BrN2/c14-11-4-1-3-10(7-11)9-16-13-6-2-5-12(15)8-13/h1-8,16H,9,15H2. The Labute approximate surface area is 104 Å². The summed E-state index contributed by atoms with van der Waals surface area (Å²) in [6, 6.07) is 16.0. The summed E-state index contributed by atoms with van der Waals surface area (Å²) in [6.07, 6.45) is 0. The lowest BCUT2D eigenvalue weighted by molar-refractivity contribution is 1.15. The van der Waals surface area contributed by atoms with E-state index in [2.05, 4.69) is 33.4 Å². The third-order valence-corrected chi connectivity index (χ3v) is 2.77. The van der Waals surface area contributed by atoms with Crippen LogP contribution in [0.25, 0.3) is 0 Å². The van der Waals surface area contributed by atoms with Gasteiger partial charge in [-0.1, -0.05) is 34.1 Å². The van der Waals surface area contributed by atoms with Crippen LogP contribution in [0.1, 0.15) is 5.56 Å². The lowest BCUT2D eigenvalue weighted by Crippen LogP contribution is -1.99. The summed E-state index contributed by atoms with van der Waals surface area (Å²) >= 11 is 3.45. The molecule has 3 N–H and O–H groups in total. The van der Waals surface area contributed by atoms with Gasteiger partial charge >= 0.3 is 0 Å². The van der Waals surface area contributed by atoms with E-state index in [0.717, 1.165) is 22.4 Å². The van der Waals surface area contributed by atoms with Crippen LogP contribution in [0.3, 0.4) is 0 Å². The Morgan fingerprint density at radius 2 is 1.88 bits per heavy atom. The van der Waals surface area contributed by atoms with E-state index in [0.29, 0.717) is 0 Å². The molecule has 0 aliphatic rings. The average Bonchev–Trinajstić information content (AvgIpc) is 2.27. The third kappa shape index (κ3) is 3.00. The largest absolute Gasteiger partial charge is 0.399 e. The zero-order valence-corrected chi connectivity index (χ0v) is 10.4. The Morgan fingerprint density at radius 1 is 1.06 bits per heavy atom. The second-order valence-electron chi connectivity index (χ2n) is 3.61. The normalized spacial score (nSPS) is 10.1. The van der Waals surface area contributed by atoms with Crippen LogP contribution in [0.2, 0.25) is 0 Å². The molecular weight excluding hydrogens is 264 g/mol. The summed E-state index contributed by atoms with van der Waals surface area (Å²) < 4.78 is 1.10. The van der Waals surface area contributed by atoms with Crippen LogP contribution >= 0.6 is 15.9 Å². The Balaban J connectivity index is 2.02. The smallest absolute Gasteiger partial charge is 0.0401 e. The van der Waals surface area contributed by atoms with Gasteiger partial charge in [0.25, 0.3) is 0 Å². The Bertz CT molecular complexity index is 437. The van der Waals surface area contributed by atoms with Crippen LogP contribution in [0.5, 0.6) is 0 Å². The highest BCUT2D eigenvalue weighted by molar-refractivity contribution is 9.10. The van der Waals surface area contributed by atoms with Gasteiger partial charge in [-0.2, -0.15) is 0 Å². The van der Waals surface area contributed by atoms with Crippen LogP contribution in [0.15, 0.2) is 53.0 Å². The van der Waals surface area contributed by atoms with Gasteiger partial charge in [-0.15, -0.1) is 0 Å². The Morgan fingerprint density at radius 3 is 2.62 bits per heavy atom. The predicted octanol–water partition coefficient (Wildman–Crippen LogP) is 3.64. The lowest BCUT2D eigenvalue weighted by atomic mass is 10.2. The number of halogens is 1. The fraction of sp³-hybridized carbons (Fsp3) is 0.0769. The molecule has 82 valence electrons. The van der Waals surface area contributed by atoms with Gasteiger partial charge in [0.1, 0.15) is 0 Å². The highest BCUT2D eigenvalue weighted by Crippen LogP contribution is 2.15. The minimum absolute atomic E-state index is 0.777. The molecule has 2 aromatic carbocycles. The summed E-state index contributed by atoms with van der Waals surface area (Å²) in [7, 11) is 0. The van der Waals surface area contributed by atoms with E-state index in [1.54, 1.807) is 0 Å². The number of nitrogens with one attached hydrogen (secondary N) is 1. The Hall–Kier alpha value is -1.48. The molecule has 0 fully saturated rings. The number of nitrogen functional groups attached to an aromatic ring is 1. The summed E-state index contributed by atoms with van der Waals surface area (Å²) in [4.78, 5) is 0. The molecule has 0 bridgehead atoms. The van der Waals surface area contributed by atoms with Gasteiger partial charge in [0, 0.05) is 22.4 Å². The molecule has 3 heteroatoms. The highest BCUT2D eigenvalue weighted by Gasteiger charge is 1.95. The number of benzene rings is 2. The van der Waals surface area contributed by atoms with E-state index in [1.165, 1.54) is 5.56 Å². The monoisotopic (exact) mass is 276 g/mol. The van der Waals surface area contributed by atoms with Crippen molar-refractivity contribution in [3.05, 3.63) is 58.6 Å². The molecule has 0 aliphatic heterocycles. The zero-order chi connectivity index (χ0) is 11.4. The maximum atomic E-state index is 5.70. The average molecular weight is 277 g/mol. The fourth-order valence-electron chi connectivity index (χ4n) is 1.50. The molecule has 0 aromatic heterocycles. The minimum Gasteiger partial charge on any atom is -0.399 e. The highest BCUT2D eigenvalue weighted by atomic mass is 79.9. The van der Waals surface area contributed by atoms with Crippen molar-refractivity contribution in [1.29, 1.82) is 0 Å². The SMILES string of the molecule is Nc1cccc(NCc2cccc(Br)c2)c1. The van der Waals surface area contributed by atoms with Crippen molar-refractivity contribution >= 4 is 27.3 Å². The summed E-state index contributed by atoms with van der Waals surface area (Å²) in [5, 5.41) is 3.33. The molecule has 16 heavy (non-hydrogen) atoms. The van der Waals surface area contributed by atoms with Crippen molar-refractivity contribution in [3.8, 4) is 0 Å². The van der Waals surface area contributed by atoms with Crippen LogP contribution in [0, 0.1) is 0 Å². The van der Waals surface area contributed by atoms with Gasteiger partial charge in [0.15, 0.2) is 0 Å². The van der Waals surface area contributed by atoms with E-state index >= 15 is 0 Å². The van der Waals surface area contributed by atoms with Crippen LogP contribution in [-0.4, -0.2) is 0 Å². The second-order valence-corrected chi connectivity index (χ2v) is 4.52. The summed E-state index contributed by atoms with van der Waals surface area (Å²) in [6.45, 7) is 0.795. The molecule has 2 nitrogen and oxygen atoms in total. The summed E-state index contributed by atoms with van der Waals surface area (Å²) in [5.74, 6) is 0. The summed E-state index contributed by atoms with van der Waals surface area (Å²) in [5.41, 5.74) is 8.76. The van der Waals surface area contributed by atoms with Crippen molar-refractivity contribution in [2.45, 2.75) is 6.54 Å². The van der Waals surface area contributed by atoms with Gasteiger partial charge < -0.3 is 11.1 Å². The molecule has 0 unspecified atom stereocenters. The van der Waals surface area contributed by atoms with Gasteiger partial charge in [-0.25, -0.2) is 0 Å². The number of anilines is 2. The van der Waals surface area contributed by atoms with Crippen LogP contribution in [0.4, 0.5) is 11.4 Å². The molecule has 0 radical (unpaired) electrons. The van der Waals surface area contributed by atoms with Gasteiger partial charge in [0.2, 0.25) is 0 Å². The van der Waals surface area contributed by atoms with Gasteiger partial charge in [-0.3, -0.25) is 0 Å². The van der Waals surface area contributed by atoms with Crippen molar-refractivity contribution in [2.24, 2.45) is 0 Å². The minimum atomic E-state index is 0.777. The molecule has 0 aliphatic carbocycles. The zero-order valence-electron chi connectivity index (χ0n) is 8.78. The number of nitrogens with two attached hydrogens (primary N) is 1. The fourth-order valence-corrected chi connectivity index (χ4v) is 1.95. The molecule has 0 amide bonds. The van der Waals surface area contributed by atoms with Crippen molar-refractivity contribution in [3.63, 3.8) is 0 Å². The van der Waals surface area contributed by atoms with Gasteiger partial charge in [0.05, 0.1) is 0 Å². The molecule has 0 atom stereocenters. The van der Waals surface area contributed by atoms with Crippen molar-refractivity contribution in [1.82, 2.24) is 0 Å². The molecular formula is C13H13BrN2. The van der Waals surface area contributed by atoms with Crippen molar-refractivity contribution < 1.29 is 0 Å². The quantitative estimate of drug-likeness (QED) is 0.840. The molecule has 0 saturated heterocycles. The first-order valence-corrected chi connectivity index (χ1v) is 5.87. The second kappa shape index (κ2) is 5.03. The van der Waals surface area contributed by atoms with E-state index in [-0.39, 0.29) is 0 Å². The molecule has 2 aromatic rings. The van der Waals surface area contributed by atoms with E-state index in [4.69, 9.17) is 5.73 Å². The predicted molar refractivity (Wildman–Crippen MR) is 72.3 cm³/mol. The molecule has 0 spiro atoms. The number of hydrogen-bond acceptors (Lipinski definition) is 2. The topological polar surface area (TPSA) is 38.0 Å². The molecule has 2 rings (SSSR count). The van der Waals surface area contributed by atoms with Crippen LogP contribution in [-0.2, 0) is 6.54 Å². The number of hydrogen-bond donors (Lipinski definition) is 2. The van der Waals surface area contributed by atoms with Crippen molar-refractivity contribution in [2.75, 3.05) is 11.1 Å². The van der Waals surface area contributed by atoms with E-state index in [9.17, 15) is 0 Å². The molecule has 0 heterocycles. The Kier molecular flexibility index (Phi) is 3.47. The lowest BCUT2D eigenvalue weighted by Gasteiger charge is -2.07. The first-order chi connectivity index (χ1) is 7.74. The first kappa shape index (κ1) is 11.0. The van der Waals surface area contributed by atoms with E-state index < -0.39 is 0 Å². The first-order valence-electron chi connectivity index (χ1n) is 5.08. The van der Waals surface area contributed by atoms with Crippen LogP contribution < -0.4 is 11.1 Å².